The van der Waals surface area contributed by atoms with Gasteiger partial charge in [0.1, 0.15) is 6.33 Å². The molecule has 1 aliphatic heterocycles. The molecule has 0 saturated carbocycles. The minimum atomic E-state index is 0.00843. The Balaban J connectivity index is 1.72. The molecule has 4 heterocycles. The van der Waals surface area contributed by atoms with E-state index in [1.807, 2.05) is 18.0 Å². The maximum Gasteiger partial charge on any atom is 0.274 e. The fourth-order valence-corrected chi connectivity index (χ4v) is 4.02. The van der Waals surface area contributed by atoms with Gasteiger partial charge in [0.15, 0.2) is 11.3 Å². The highest BCUT2D eigenvalue weighted by molar-refractivity contribution is 5.96. The van der Waals surface area contributed by atoms with Gasteiger partial charge < -0.3 is 9.80 Å². The second kappa shape index (κ2) is 7.01. The van der Waals surface area contributed by atoms with E-state index in [1.165, 1.54) is 0 Å². The van der Waals surface area contributed by atoms with Gasteiger partial charge in [-0.2, -0.15) is 10.2 Å². The van der Waals surface area contributed by atoms with Gasteiger partial charge in [0.2, 0.25) is 0 Å². The number of nitrogens with one attached hydrogen (secondary N) is 1. The SMILES string of the molecule is Cc1cc(-c2[nH]nc(C(=O)N3CC[C@@H](N(C)C)C3)c2C(C)C)cn2ncnc12. The van der Waals surface area contributed by atoms with Crippen molar-refractivity contribution in [3.63, 3.8) is 0 Å². The number of carbonyl (C=O) groups excluding carboxylic acids is 1. The number of aromatic nitrogens is 5. The van der Waals surface area contributed by atoms with Crippen LogP contribution in [0.4, 0.5) is 0 Å². The fraction of sp³-hybridized carbons (Fsp3) is 0.500. The summed E-state index contributed by atoms with van der Waals surface area (Å²) in [5.41, 5.74) is 5.18. The molecule has 0 unspecified atom stereocenters. The Labute approximate surface area is 164 Å². The van der Waals surface area contributed by atoms with Gasteiger partial charge in [-0.25, -0.2) is 9.50 Å². The molecule has 1 N–H and O–H groups in total. The maximum absolute atomic E-state index is 13.2. The fourth-order valence-electron chi connectivity index (χ4n) is 4.02. The molecule has 8 heteroatoms. The van der Waals surface area contributed by atoms with Crippen LogP contribution in [0.1, 0.15) is 47.8 Å². The Kier molecular flexibility index (Phi) is 4.66. The first kappa shape index (κ1) is 18.6. The van der Waals surface area contributed by atoms with Crippen LogP contribution in [0.3, 0.4) is 0 Å². The average Bonchev–Trinajstić information content (AvgIpc) is 3.38. The number of H-pyrrole nitrogens is 1. The molecule has 0 radical (unpaired) electrons. The summed E-state index contributed by atoms with van der Waals surface area (Å²) in [5.74, 6) is 0.167. The zero-order chi connectivity index (χ0) is 20.0. The van der Waals surface area contributed by atoms with Crippen molar-refractivity contribution < 1.29 is 4.79 Å². The largest absolute Gasteiger partial charge is 0.336 e. The lowest BCUT2D eigenvalue weighted by Crippen LogP contribution is -2.35. The minimum Gasteiger partial charge on any atom is -0.336 e. The third-order valence-corrected chi connectivity index (χ3v) is 5.61. The number of likely N-dealkylation sites (tertiary alicyclic amines) is 1. The molecule has 0 spiro atoms. The van der Waals surface area contributed by atoms with E-state index < -0.39 is 0 Å². The number of nitrogens with zero attached hydrogens (tertiary/aromatic N) is 6. The van der Waals surface area contributed by atoms with Crippen LogP contribution in [0.2, 0.25) is 0 Å². The summed E-state index contributed by atoms with van der Waals surface area (Å²) >= 11 is 0. The van der Waals surface area contributed by atoms with E-state index >= 15 is 0 Å². The summed E-state index contributed by atoms with van der Waals surface area (Å²) in [5, 5.41) is 11.8. The summed E-state index contributed by atoms with van der Waals surface area (Å²) in [6, 6.07) is 2.47. The summed E-state index contributed by atoms with van der Waals surface area (Å²) in [4.78, 5) is 21.6. The topological polar surface area (TPSA) is 82.4 Å². The molecule has 8 nitrogen and oxygen atoms in total. The van der Waals surface area contributed by atoms with E-state index in [9.17, 15) is 4.79 Å². The van der Waals surface area contributed by atoms with Crippen LogP contribution in [-0.4, -0.2) is 73.7 Å². The van der Waals surface area contributed by atoms with Crippen LogP contribution < -0.4 is 0 Å². The van der Waals surface area contributed by atoms with E-state index in [0.717, 1.165) is 47.5 Å². The van der Waals surface area contributed by atoms with Crippen molar-refractivity contribution in [2.45, 2.75) is 39.2 Å². The predicted octanol–water partition coefficient (Wildman–Crippen LogP) is 2.33. The van der Waals surface area contributed by atoms with Gasteiger partial charge in [0.25, 0.3) is 5.91 Å². The number of amides is 1. The Morgan fingerprint density at radius 3 is 2.82 bits per heavy atom. The number of fused-ring (bicyclic) bond motifs is 1. The van der Waals surface area contributed by atoms with Crippen LogP contribution in [0, 0.1) is 6.92 Å². The highest BCUT2D eigenvalue weighted by atomic mass is 16.2. The van der Waals surface area contributed by atoms with E-state index in [1.54, 1.807) is 10.8 Å². The van der Waals surface area contributed by atoms with Crippen LogP contribution in [0.5, 0.6) is 0 Å². The third kappa shape index (κ3) is 3.07. The number of rotatable bonds is 4. The Morgan fingerprint density at radius 2 is 2.14 bits per heavy atom. The molecule has 1 saturated heterocycles. The van der Waals surface area contributed by atoms with Gasteiger partial charge in [-0.15, -0.1) is 0 Å². The molecular weight excluding hydrogens is 354 g/mol. The molecular formula is C20H27N7O. The molecule has 1 amide bonds. The second-order valence-corrected chi connectivity index (χ2v) is 8.11. The lowest BCUT2D eigenvalue weighted by molar-refractivity contribution is 0.0775. The Hall–Kier alpha value is -2.74. The number of hydrogen-bond acceptors (Lipinski definition) is 5. The van der Waals surface area contributed by atoms with Crippen LogP contribution in [-0.2, 0) is 0 Å². The molecule has 3 aromatic rings. The van der Waals surface area contributed by atoms with E-state index in [2.05, 4.69) is 59.2 Å². The van der Waals surface area contributed by atoms with Crippen LogP contribution in [0.25, 0.3) is 16.9 Å². The van der Waals surface area contributed by atoms with Gasteiger partial charge in [-0.1, -0.05) is 13.8 Å². The summed E-state index contributed by atoms with van der Waals surface area (Å²) < 4.78 is 1.76. The monoisotopic (exact) mass is 381 g/mol. The Bertz CT molecular complexity index is 1020. The zero-order valence-electron chi connectivity index (χ0n) is 17.1. The molecule has 0 aliphatic carbocycles. The van der Waals surface area contributed by atoms with Gasteiger partial charge in [0.05, 0.1) is 5.69 Å². The first-order chi connectivity index (χ1) is 13.4. The smallest absolute Gasteiger partial charge is 0.274 e. The quantitative estimate of drug-likeness (QED) is 0.750. The molecule has 28 heavy (non-hydrogen) atoms. The van der Waals surface area contributed by atoms with Crippen molar-refractivity contribution in [1.29, 1.82) is 0 Å². The van der Waals surface area contributed by atoms with E-state index in [0.29, 0.717) is 11.7 Å². The normalized spacial score (nSPS) is 17.4. The first-order valence-electron chi connectivity index (χ1n) is 9.71. The van der Waals surface area contributed by atoms with Crippen molar-refractivity contribution in [2.24, 2.45) is 0 Å². The summed E-state index contributed by atoms with van der Waals surface area (Å²) in [6.07, 6.45) is 4.47. The van der Waals surface area contributed by atoms with E-state index in [4.69, 9.17) is 0 Å². The van der Waals surface area contributed by atoms with Crippen LogP contribution in [0.15, 0.2) is 18.6 Å². The molecule has 3 aromatic heterocycles. The van der Waals surface area contributed by atoms with Crippen LogP contribution >= 0.6 is 0 Å². The van der Waals surface area contributed by atoms with E-state index in [-0.39, 0.29) is 11.8 Å². The number of aryl methyl sites for hydroxylation is 1. The standard InChI is InChI=1S/C20H27N7O/c1-12(2)16-17(14-8-13(3)19-21-11-22-27(19)9-14)23-24-18(16)20(28)26-7-6-15(10-26)25(4)5/h8-9,11-12,15H,6-7,10H2,1-5H3,(H,23,24)/t15-/m1/s1. The molecule has 0 bridgehead atoms. The predicted molar refractivity (Wildman–Crippen MR) is 107 cm³/mol. The summed E-state index contributed by atoms with van der Waals surface area (Å²) in [7, 11) is 4.13. The third-order valence-electron chi connectivity index (χ3n) is 5.61. The van der Waals surface area contributed by atoms with Crippen molar-refractivity contribution >= 4 is 11.6 Å². The van der Waals surface area contributed by atoms with Gasteiger partial charge in [0, 0.05) is 36.5 Å². The lowest BCUT2D eigenvalue weighted by atomic mass is 9.96. The van der Waals surface area contributed by atoms with Gasteiger partial charge >= 0.3 is 0 Å². The highest BCUT2D eigenvalue weighted by Crippen LogP contribution is 2.32. The number of aromatic amines is 1. The van der Waals surface area contributed by atoms with Crippen molar-refractivity contribution in [2.75, 3.05) is 27.2 Å². The molecule has 1 atom stereocenters. The lowest BCUT2D eigenvalue weighted by Gasteiger charge is -2.20. The maximum atomic E-state index is 13.2. The molecule has 4 rings (SSSR count). The van der Waals surface area contributed by atoms with Crippen molar-refractivity contribution in [3.05, 3.63) is 35.4 Å². The number of likely N-dealkylation sites (N-methyl/N-ethyl adjacent to an activating group) is 1. The molecule has 148 valence electrons. The molecule has 1 aliphatic rings. The second-order valence-electron chi connectivity index (χ2n) is 8.11. The van der Waals surface area contributed by atoms with Gasteiger partial charge in [-0.05, 0) is 45.0 Å². The highest BCUT2D eigenvalue weighted by Gasteiger charge is 2.32. The average molecular weight is 381 g/mol. The first-order valence-corrected chi connectivity index (χ1v) is 9.71. The summed E-state index contributed by atoms with van der Waals surface area (Å²) in [6.45, 7) is 7.72. The molecule has 1 fully saturated rings. The Morgan fingerprint density at radius 1 is 1.36 bits per heavy atom. The van der Waals surface area contributed by atoms with Crippen molar-refractivity contribution in [1.82, 2.24) is 34.6 Å². The van der Waals surface area contributed by atoms with Crippen molar-refractivity contribution in [3.8, 4) is 11.3 Å². The number of pyridine rings is 1. The molecule has 0 aromatic carbocycles. The zero-order valence-corrected chi connectivity index (χ0v) is 17.1. The minimum absolute atomic E-state index is 0.00843. The number of carbonyl (C=O) groups is 1. The van der Waals surface area contributed by atoms with Gasteiger partial charge in [-0.3, -0.25) is 9.89 Å². The number of hydrogen-bond donors (Lipinski definition) is 1.